The molecule has 1 aliphatic heterocycles. The SMILES string of the molecule is CC.CNC1CCN(Cc2cccnc2)CC1.[HH]. The van der Waals surface area contributed by atoms with Gasteiger partial charge in [0.05, 0.1) is 0 Å². The van der Waals surface area contributed by atoms with Gasteiger partial charge in [-0.15, -0.1) is 0 Å². The third-order valence-electron chi connectivity index (χ3n) is 3.12. The maximum Gasteiger partial charge on any atom is 0.0312 e. The first kappa shape index (κ1) is 14.1. The molecule has 0 unspecified atom stereocenters. The van der Waals surface area contributed by atoms with Crippen LogP contribution in [0.1, 0.15) is 33.7 Å². The molecule has 1 aliphatic rings. The van der Waals surface area contributed by atoms with Gasteiger partial charge in [-0.25, -0.2) is 0 Å². The van der Waals surface area contributed by atoms with Crippen LogP contribution >= 0.6 is 0 Å². The van der Waals surface area contributed by atoms with E-state index in [4.69, 9.17) is 0 Å². The Kier molecular flexibility index (Phi) is 6.82. The molecule has 2 heterocycles. The largest absolute Gasteiger partial charge is 0.317 e. The number of hydrogen-bond acceptors (Lipinski definition) is 3. The molecule has 0 aromatic carbocycles. The number of nitrogens with one attached hydrogen (secondary N) is 1. The van der Waals surface area contributed by atoms with E-state index in [9.17, 15) is 0 Å². The van der Waals surface area contributed by atoms with Gasteiger partial charge in [0.15, 0.2) is 0 Å². The molecular weight excluding hydrogens is 210 g/mol. The molecule has 2 rings (SSSR count). The Bertz CT molecular complexity index is 284. The van der Waals surface area contributed by atoms with Crippen LogP contribution < -0.4 is 5.32 Å². The summed E-state index contributed by atoms with van der Waals surface area (Å²) < 4.78 is 0. The van der Waals surface area contributed by atoms with Gasteiger partial charge in [-0.3, -0.25) is 9.88 Å². The molecule has 1 saturated heterocycles. The van der Waals surface area contributed by atoms with Gasteiger partial charge in [-0.05, 0) is 44.6 Å². The number of piperidine rings is 1. The fourth-order valence-corrected chi connectivity index (χ4v) is 2.13. The summed E-state index contributed by atoms with van der Waals surface area (Å²) in [7, 11) is 2.06. The van der Waals surface area contributed by atoms with Crippen LogP contribution in [0.15, 0.2) is 24.5 Å². The average molecular weight is 237 g/mol. The summed E-state index contributed by atoms with van der Waals surface area (Å²) >= 11 is 0. The van der Waals surface area contributed by atoms with Crippen LogP contribution in [0.5, 0.6) is 0 Å². The van der Waals surface area contributed by atoms with Crippen molar-refractivity contribution < 1.29 is 1.43 Å². The minimum Gasteiger partial charge on any atom is -0.317 e. The Morgan fingerprint density at radius 1 is 1.41 bits per heavy atom. The van der Waals surface area contributed by atoms with Crippen LogP contribution in [0, 0.1) is 0 Å². The van der Waals surface area contributed by atoms with E-state index in [1.807, 2.05) is 32.3 Å². The molecule has 0 saturated carbocycles. The highest BCUT2D eigenvalue weighted by atomic mass is 15.1. The van der Waals surface area contributed by atoms with Gasteiger partial charge in [0.2, 0.25) is 0 Å². The number of rotatable bonds is 3. The lowest BCUT2D eigenvalue weighted by atomic mass is 10.0. The molecule has 17 heavy (non-hydrogen) atoms. The fourth-order valence-electron chi connectivity index (χ4n) is 2.13. The van der Waals surface area contributed by atoms with Gasteiger partial charge >= 0.3 is 0 Å². The summed E-state index contributed by atoms with van der Waals surface area (Å²) in [6, 6.07) is 4.88. The number of aromatic nitrogens is 1. The maximum atomic E-state index is 4.14. The van der Waals surface area contributed by atoms with Crippen LogP contribution in [0.4, 0.5) is 0 Å². The van der Waals surface area contributed by atoms with Crippen LogP contribution in [-0.2, 0) is 6.54 Å². The summed E-state index contributed by atoms with van der Waals surface area (Å²) in [4.78, 5) is 6.65. The van der Waals surface area contributed by atoms with Gasteiger partial charge in [-0.2, -0.15) is 0 Å². The highest BCUT2D eigenvalue weighted by Gasteiger charge is 2.17. The predicted molar refractivity (Wildman–Crippen MR) is 75.1 cm³/mol. The first-order valence-corrected chi connectivity index (χ1v) is 6.67. The van der Waals surface area contributed by atoms with Crippen molar-refractivity contribution in [3.63, 3.8) is 0 Å². The van der Waals surface area contributed by atoms with Crippen LogP contribution in [0.3, 0.4) is 0 Å². The van der Waals surface area contributed by atoms with Crippen molar-refractivity contribution >= 4 is 0 Å². The van der Waals surface area contributed by atoms with Gasteiger partial charge in [-0.1, -0.05) is 19.9 Å². The molecular formula is C14H27N3. The molecule has 0 aliphatic carbocycles. The van der Waals surface area contributed by atoms with Crippen molar-refractivity contribution in [2.24, 2.45) is 0 Å². The topological polar surface area (TPSA) is 28.2 Å². The second kappa shape index (κ2) is 8.20. The maximum absolute atomic E-state index is 4.14. The smallest absolute Gasteiger partial charge is 0.0312 e. The molecule has 0 radical (unpaired) electrons. The minimum atomic E-state index is 0. The van der Waals surface area contributed by atoms with Gasteiger partial charge in [0, 0.05) is 26.4 Å². The van der Waals surface area contributed by atoms with Crippen molar-refractivity contribution in [3.05, 3.63) is 30.1 Å². The Hall–Kier alpha value is -0.930. The normalized spacial score (nSPS) is 17.4. The molecule has 98 valence electrons. The summed E-state index contributed by atoms with van der Waals surface area (Å²) in [6.07, 6.45) is 6.31. The zero-order chi connectivity index (χ0) is 12.5. The number of nitrogens with zero attached hydrogens (tertiary/aromatic N) is 2. The third-order valence-corrected chi connectivity index (χ3v) is 3.12. The van der Waals surface area contributed by atoms with Crippen LogP contribution in [0.2, 0.25) is 0 Å². The summed E-state index contributed by atoms with van der Waals surface area (Å²) in [5.41, 5.74) is 1.32. The standard InChI is InChI=1S/C12H19N3.C2H6.H2/c1-13-12-4-7-15(8-5-12)10-11-3-2-6-14-9-11;1-2;/h2-3,6,9,12-13H,4-5,7-8,10H2,1H3;1-2H3;1H. The zero-order valence-corrected chi connectivity index (χ0v) is 11.3. The first-order chi connectivity index (χ1) is 8.38. The fraction of sp³-hybridized carbons (Fsp3) is 0.643. The molecule has 0 spiro atoms. The molecule has 0 atom stereocenters. The predicted octanol–water partition coefficient (Wildman–Crippen LogP) is 2.54. The summed E-state index contributed by atoms with van der Waals surface area (Å²) in [5, 5.41) is 3.35. The first-order valence-electron chi connectivity index (χ1n) is 6.67. The lowest BCUT2D eigenvalue weighted by molar-refractivity contribution is 0.194. The quantitative estimate of drug-likeness (QED) is 0.875. The minimum absolute atomic E-state index is 0. The molecule has 1 aromatic rings. The van der Waals surface area contributed by atoms with E-state index >= 15 is 0 Å². The summed E-state index contributed by atoms with van der Waals surface area (Å²) in [6.45, 7) is 7.44. The van der Waals surface area contributed by atoms with E-state index in [1.165, 1.54) is 31.5 Å². The lowest BCUT2D eigenvalue weighted by Gasteiger charge is -2.31. The highest BCUT2D eigenvalue weighted by molar-refractivity contribution is 5.08. The number of hydrogen-bond donors (Lipinski definition) is 1. The molecule has 3 heteroatoms. The van der Waals surface area contributed by atoms with E-state index in [-0.39, 0.29) is 1.43 Å². The number of pyridine rings is 1. The Morgan fingerprint density at radius 3 is 2.65 bits per heavy atom. The van der Waals surface area contributed by atoms with Gasteiger partial charge in [0.25, 0.3) is 0 Å². The second-order valence-electron chi connectivity index (χ2n) is 4.20. The van der Waals surface area contributed by atoms with E-state index in [1.54, 1.807) is 0 Å². The number of likely N-dealkylation sites (tertiary alicyclic amines) is 1. The Labute approximate surface area is 107 Å². The van der Waals surface area contributed by atoms with Crippen molar-refractivity contribution in [3.8, 4) is 0 Å². The van der Waals surface area contributed by atoms with Crippen LogP contribution in [0.25, 0.3) is 0 Å². The Balaban J connectivity index is 0.000000917. The van der Waals surface area contributed by atoms with Crippen LogP contribution in [-0.4, -0.2) is 36.1 Å². The van der Waals surface area contributed by atoms with Crippen molar-refractivity contribution in [2.75, 3.05) is 20.1 Å². The van der Waals surface area contributed by atoms with E-state index in [0.717, 1.165) is 12.6 Å². The van der Waals surface area contributed by atoms with Gasteiger partial charge in [0.1, 0.15) is 0 Å². The van der Waals surface area contributed by atoms with Gasteiger partial charge < -0.3 is 5.32 Å². The van der Waals surface area contributed by atoms with E-state index in [0.29, 0.717) is 0 Å². The average Bonchev–Trinajstić information content (AvgIpc) is 2.43. The molecule has 1 N–H and O–H groups in total. The zero-order valence-electron chi connectivity index (χ0n) is 11.3. The second-order valence-corrected chi connectivity index (χ2v) is 4.20. The monoisotopic (exact) mass is 237 g/mol. The molecule has 0 bridgehead atoms. The summed E-state index contributed by atoms with van der Waals surface area (Å²) in [5.74, 6) is 0. The highest BCUT2D eigenvalue weighted by Crippen LogP contribution is 2.12. The molecule has 0 amide bonds. The van der Waals surface area contributed by atoms with Crippen molar-refractivity contribution in [1.29, 1.82) is 0 Å². The van der Waals surface area contributed by atoms with Crippen molar-refractivity contribution in [2.45, 2.75) is 39.3 Å². The third kappa shape index (κ3) is 4.84. The lowest BCUT2D eigenvalue weighted by Crippen LogP contribution is -2.40. The van der Waals surface area contributed by atoms with E-state index < -0.39 is 0 Å². The molecule has 1 aromatic heterocycles. The van der Waals surface area contributed by atoms with Crippen molar-refractivity contribution in [1.82, 2.24) is 15.2 Å². The Morgan fingerprint density at radius 2 is 2.12 bits per heavy atom. The molecule has 3 nitrogen and oxygen atoms in total. The van der Waals surface area contributed by atoms with E-state index in [2.05, 4.69) is 28.3 Å². The molecule has 1 fully saturated rings.